The maximum atomic E-state index is 12.9. The van der Waals surface area contributed by atoms with Crippen molar-refractivity contribution in [2.75, 3.05) is 0 Å². The van der Waals surface area contributed by atoms with Crippen molar-refractivity contribution in [3.8, 4) is 11.5 Å². The number of esters is 1. The Hall–Kier alpha value is -3.27. The standard InChI is InChI=1S/C28H30O4/c1-26(2,3)30-21-15-11-19(12-16-21)28(24-10-8-7-9-23(24)25(29)32-28)20-13-17-22(18-14-20)31-27(4,5)6/h7-18H,1-6H3. The van der Waals surface area contributed by atoms with E-state index in [0.29, 0.717) is 5.56 Å². The molecule has 0 aromatic heterocycles. The van der Waals surface area contributed by atoms with E-state index in [4.69, 9.17) is 14.2 Å². The van der Waals surface area contributed by atoms with Crippen LogP contribution in [0.5, 0.6) is 11.5 Å². The third-order valence-electron chi connectivity index (χ3n) is 5.14. The van der Waals surface area contributed by atoms with Crippen molar-refractivity contribution < 1.29 is 19.0 Å². The summed E-state index contributed by atoms with van der Waals surface area (Å²) in [6, 6.07) is 23.1. The lowest BCUT2D eigenvalue weighted by Crippen LogP contribution is -2.30. The van der Waals surface area contributed by atoms with E-state index < -0.39 is 5.60 Å². The van der Waals surface area contributed by atoms with Crippen LogP contribution in [-0.4, -0.2) is 17.2 Å². The van der Waals surface area contributed by atoms with Gasteiger partial charge in [-0.15, -0.1) is 0 Å². The average molecular weight is 431 g/mol. The Morgan fingerprint density at radius 3 is 1.53 bits per heavy atom. The van der Waals surface area contributed by atoms with E-state index in [1.165, 1.54) is 0 Å². The molecule has 0 spiro atoms. The van der Waals surface area contributed by atoms with Crippen LogP contribution in [0, 0.1) is 0 Å². The van der Waals surface area contributed by atoms with E-state index in [1.807, 2.05) is 114 Å². The Balaban J connectivity index is 1.82. The molecule has 32 heavy (non-hydrogen) atoms. The van der Waals surface area contributed by atoms with E-state index >= 15 is 0 Å². The fourth-order valence-electron chi connectivity index (χ4n) is 4.04. The minimum absolute atomic E-state index is 0.297. The van der Waals surface area contributed by atoms with Gasteiger partial charge in [-0.1, -0.05) is 42.5 Å². The smallest absolute Gasteiger partial charge is 0.340 e. The van der Waals surface area contributed by atoms with E-state index in [9.17, 15) is 4.79 Å². The van der Waals surface area contributed by atoms with Gasteiger partial charge in [0.1, 0.15) is 22.7 Å². The summed E-state index contributed by atoms with van der Waals surface area (Å²) in [6.45, 7) is 12.1. The first-order chi connectivity index (χ1) is 15.0. The molecule has 0 saturated heterocycles. The lowest BCUT2D eigenvalue weighted by molar-refractivity contribution is 0.0251. The normalized spacial score (nSPS) is 15.1. The van der Waals surface area contributed by atoms with Crippen LogP contribution >= 0.6 is 0 Å². The third-order valence-corrected chi connectivity index (χ3v) is 5.14. The molecule has 166 valence electrons. The number of rotatable bonds is 4. The molecule has 4 rings (SSSR count). The highest BCUT2D eigenvalue weighted by Crippen LogP contribution is 2.47. The van der Waals surface area contributed by atoms with Gasteiger partial charge in [-0.2, -0.15) is 0 Å². The molecule has 0 bridgehead atoms. The van der Waals surface area contributed by atoms with E-state index in [0.717, 1.165) is 28.2 Å². The first kappa shape index (κ1) is 21.9. The molecular formula is C28H30O4. The first-order valence-electron chi connectivity index (χ1n) is 10.9. The molecule has 1 heterocycles. The van der Waals surface area contributed by atoms with Gasteiger partial charge in [-0.05, 0) is 71.9 Å². The molecule has 0 saturated carbocycles. The van der Waals surface area contributed by atoms with Gasteiger partial charge in [0, 0.05) is 16.7 Å². The number of cyclic esters (lactones) is 1. The zero-order chi connectivity index (χ0) is 23.1. The van der Waals surface area contributed by atoms with Gasteiger partial charge in [0.2, 0.25) is 0 Å². The van der Waals surface area contributed by atoms with Gasteiger partial charge < -0.3 is 14.2 Å². The van der Waals surface area contributed by atoms with Gasteiger partial charge in [-0.3, -0.25) is 0 Å². The minimum Gasteiger partial charge on any atom is -0.488 e. The monoisotopic (exact) mass is 430 g/mol. The van der Waals surface area contributed by atoms with Crippen LogP contribution in [0.1, 0.15) is 68.6 Å². The van der Waals surface area contributed by atoms with Crippen LogP contribution in [-0.2, 0) is 10.3 Å². The molecule has 1 aliphatic heterocycles. The molecule has 0 fully saturated rings. The maximum Gasteiger partial charge on any atom is 0.340 e. The van der Waals surface area contributed by atoms with Crippen molar-refractivity contribution in [3.05, 3.63) is 95.1 Å². The third kappa shape index (κ3) is 4.22. The number of hydrogen-bond acceptors (Lipinski definition) is 4. The molecule has 0 N–H and O–H groups in total. The van der Waals surface area contributed by atoms with Crippen molar-refractivity contribution in [1.82, 2.24) is 0 Å². The maximum absolute atomic E-state index is 12.9. The van der Waals surface area contributed by atoms with Crippen LogP contribution in [0.25, 0.3) is 0 Å². The van der Waals surface area contributed by atoms with E-state index in [1.54, 1.807) is 0 Å². The van der Waals surface area contributed by atoms with Gasteiger partial charge in [0.15, 0.2) is 5.60 Å². The van der Waals surface area contributed by atoms with Gasteiger partial charge in [0.25, 0.3) is 0 Å². The Morgan fingerprint density at radius 2 is 1.09 bits per heavy atom. The average Bonchev–Trinajstić information content (AvgIpc) is 3.01. The van der Waals surface area contributed by atoms with Crippen LogP contribution in [0.3, 0.4) is 0 Å². The van der Waals surface area contributed by atoms with Crippen molar-refractivity contribution in [2.24, 2.45) is 0 Å². The molecule has 0 unspecified atom stereocenters. The van der Waals surface area contributed by atoms with Crippen molar-refractivity contribution in [2.45, 2.75) is 58.3 Å². The molecular weight excluding hydrogens is 400 g/mol. The fraction of sp³-hybridized carbons (Fsp3) is 0.321. The van der Waals surface area contributed by atoms with Crippen LogP contribution in [0.4, 0.5) is 0 Å². The molecule has 3 aromatic carbocycles. The quantitative estimate of drug-likeness (QED) is 0.443. The second-order valence-corrected chi connectivity index (χ2v) is 10.1. The fourth-order valence-corrected chi connectivity index (χ4v) is 4.04. The lowest BCUT2D eigenvalue weighted by atomic mass is 9.80. The largest absolute Gasteiger partial charge is 0.488 e. The molecule has 0 atom stereocenters. The highest BCUT2D eigenvalue weighted by Gasteiger charge is 2.48. The van der Waals surface area contributed by atoms with E-state index in [2.05, 4.69) is 0 Å². The molecule has 4 nitrogen and oxygen atoms in total. The highest BCUT2D eigenvalue weighted by atomic mass is 16.6. The summed E-state index contributed by atoms with van der Waals surface area (Å²) in [5, 5.41) is 0. The van der Waals surface area contributed by atoms with Crippen molar-refractivity contribution >= 4 is 5.97 Å². The molecule has 0 amide bonds. The second kappa shape index (κ2) is 7.70. The second-order valence-electron chi connectivity index (χ2n) is 10.1. The Bertz CT molecular complexity index is 1050. The summed E-state index contributed by atoms with van der Waals surface area (Å²) >= 11 is 0. The summed E-state index contributed by atoms with van der Waals surface area (Å²) in [7, 11) is 0. The Morgan fingerprint density at radius 1 is 0.656 bits per heavy atom. The highest BCUT2D eigenvalue weighted by molar-refractivity contribution is 5.96. The summed E-state index contributed by atoms with van der Waals surface area (Å²) in [5.74, 6) is 1.21. The van der Waals surface area contributed by atoms with Gasteiger partial charge in [-0.25, -0.2) is 4.79 Å². The molecule has 0 aliphatic carbocycles. The summed E-state index contributed by atoms with van der Waals surface area (Å²) in [6.07, 6.45) is 0. The molecule has 4 heteroatoms. The van der Waals surface area contributed by atoms with Crippen LogP contribution < -0.4 is 9.47 Å². The van der Waals surface area contributed by atoms with Crippen LogP contribution in [0.2, 0.25) is 0 Å². The first-order valence-corrected chi connectivity index (χ1v) is 10.9. The zero-order valence-corrected chi connectivity index (χ0v) is 19.6. The SMILES string of the molecule is CC(C)(C)Oc1ccc(C2(c3ccc(OC(C)(C)C)cc3)OC(=O)c3ccccc32)cc1. The molecule has 1 aliphatic rings. The topological polar surface area (TPSA) is 44.8 Å². The zero-order valence-electron chi connectivity index (χ0n) is 19.6. The van der Waals surface area contributed by atoms with Crippen molar-refractivity contribution in [1.29, 1.82) is 0 Å². The van der Waals surface area contributed by atoms with Gasteiger partial charge in [0.05, 0.1) is 5.56 Å². The van der Waals surface area contributed by atoms with Crippen molar-refractivity contribution in [3.63, 3.8) is 0 Å². The molecule has 3 aromatic rings. The number of carbonyl (C=O) groups excluding carboxylic acids is 1. The summed E-state index contributed by atoms with van der Waals surface area (Å²) in [5.41, 5.74) is 1.51. The number of ether oxygens (including phenoxy) is 3. The number of carbonyl (C=O) groups is 1. The Kier molecular flexibility index (Phi) is 5.28. The van der Waals surface area contributed by atoms with Gasteiger partial charge >= 0.3 is 5.97 Å². The van der Waals surface area contributed by atoms with Crippen LogP contribution in [0.15, 0.2) is 72.8 Å². The number of fused-ring (bicyclic) bond motifs is 1. The predicted octanol–water partition coefficient (Wildman–Crippen LogP) is 6.50. The predicted molar refractivity (Wildman–Crippen MR) is 125 cm³/mol. The summed E-state index contributed by atoms with van der Waals surface area (Å²) < 4.78 is 18.1. The summed E-state index contributed by atoms with van der Waals surface area (Å²) in [4.78, 5) is 12.9. The lowest BCUT2D eigenvalue weighted by Gasteiger charge is -2.31. The Labute approximate surface area is 190 Å². The number of hydrogen-bond donors (Lipinski definition) is 0. The van der Waals surface area contributed by atoms with E-state index in [-0.39, 0.29) is 17.2 Å². The molecule has 0 radical (unpaired) electrons. The minimum atomic E-state index is -1.03. The number of benzene rings is 3.